The molecular weight excluding hydrogens is 308 g/mol. The molecule has 1 aliphatic heterocycles. The van der Waals surface area contributed by atoms with Crippen molar-refractivity contribution in [3.63, 3.8) is 0 Å². The number of carbonyl (C=O) groups is 1. The Morgan fingerprint density at radius 1 is 1.38 bits per heavy atom. The zero-order valence-electron chi connectivity index (χ0n) is 11.5. The summed E-state index contributed by atoms with van der Waals surface area (Å²) in [6, 6.07) is 11.8. The van der Waals surface area contributed by atoms with Gasteiger partial charge in [0.15, 0.2) is 0 Å². The summed E-state index contributed by atoms with van der Waals surface area (Å²) >= 11 is 7.53. The molecule has 1 aromatic carbocycles. The van der Waals surface area contributed by atoms with Gasteiger partial charge in [0, 0.05) is 16.3 Å². The van der Waals surface area contributed by atoms with Gasteiger partial charge in [0.2, 0.25) is 0 Å². The quantitative estimate of drug-likeness (QED) is 0.899. The van der Waals surface area contributed by atoms with Gasteiger partial charge in [-0.05, 0) is 37.3 Å². The Balaban J connectivity index is 1.75. The van der Waals surface area contributed by atoms with Crippen LogP contribution in [0, 0.1) is 0 Å². The molecule has 1 aromatic heterocycles. The molecule has 110 valence electrons. The Hall–Kier alpha value is -1.72. The van der Waals surface area contributed by atoms with Crippen LogP contribution in [-0.4, -0.2) is 19.2 Å². The fourth-order valence-corrected chi connectivity index (χ4v) is 3.34. The number of hydrogen-bond acceptors (Lipinski definition) is 4. The highest BCUT2D eigenvalue weighted by molar-refractivity contribution is 7.16. The lowest BCUT2D eigenvalue weighted by molar-refractivity contribution is 0.181. The number of hydrogen-bond donors (Lipinski definition) is 1. The number of nitrogens with one attached hydrogen (secondary N) is 1. The molecule has 0 bridgehead atoms. The number of amides is 1. The number of carbonyl (C=O) groups excluding carboxylic acids is 1. The van der Waals surface area contributed by atoms with Crippen LogP contribution in [0.4, 0.5) is 16.2 Å². The van der Waals surface area contributed by atoms with Gasteiger partial charge in [0.05, 0.1) is 16.9 Å². The van der Waals surface area contributed by atoms with E-state index in [4.69, 9.17) is 16.3 Å². The molecule has 1 amide bonds. The minimum absolute atomic E-state index is 0.156. The molecule has 0 radical (unpaired) electrons. The van der Waals surface area contributed by atoms with Crippen LogP contribution in [0.25, 0.3) is 0 Å². The largest absolute Gasteiger partial charge is 0.447 e. The van der Waals surface area contributed by atoms with E-state index in [1.165, 1.54) is 4.88 Å². The molecule has 1 aliphatic rings. The maximum atomic E-state index is 11.6. The van der Waals surface area contributed by atoms with Gasteiger partial charge >= 0.3 is 6.09 Å². The van der Waals surface area contributed by atoms with E-state index < -0.39 is 0 Å². The van der Waals surface area contributed by atoms with E-state index >= 15 is 0 Å². The molecule has 1 unspecified atom stereocenters. The van der Waals surface area contributed by atoms with Crippen molar-refractivity contribution >= 4 is 40.4 Å². The van der Waals surface area contributed by atoms with Crippen molar-refractivity contribution in [1.82, 2.24) is 0 Å². The Labute approximate surface area is 132 Å². The summed E-state index contributed by atoms with van der Waals surface area (Å²) in [5, 5.41) is 3.42. The zero-order chi connectivity index (χ0) is 14.8. The first-order chi connectivity index (χ1) is 10.1. The number of anilines is 2. The average Bonchev–Trinajstić information content (AvgIpc) is 3.08. The lowest BCUT2D eigenvalue weighted by atomic mass is 10.2. The number of thiophene rings is 1. The number of cyclic esters (lactones) is 1. The third-order valence-corrected chi connectivity index (χ3v) is 4.74. The van der Waals surface area contributed by atoms with Gasteiger partial charge in [-0.15, -0.1) is 11.3 Å². The fourth-order valence-electron chi connectivity index (χ4n) is 2.27. The Morgan fingerprint density at radius 3 is 2.90 bits per heavy atom. The first-order valence-electron chi connectivity index (χ1n) is 6.69. The van der Waals surface area contributed by atoms with Gasteiger partial charge in [-0.25, -0.2) is 4.79 Å². The van der Waals surface area contributed by atoms with Crippen LogP contribution in [0.15, 0.2) is 36.4 Å². The molecule has 1 saturated heterocycles. The second-order valence-electron chi connectivity index (χ2n) is 4.82. The van der Waals surface area contributed by atoms with Crippen LogP contribution in [0.1, 0.15) is 17.8 Å². The minimum atomic E-state index is -0.287. The molecule has 4 nitrogen and oxygen atoms in total. The topological polar surface area (TPSA) is 41.6 Å². The summed E-state index contributed by atoms with van der Waals surface area (Å²) in [6.45, 7) is 3.12. The predicted octanol–water partition coefficient (Wildman–Crippen LogP) is 4.53. The van der Waals surface area contributed by atoms with Crippen molar-refractivity contribution in [2.45, 2.75) is 13.0 Å². The smallest absolute Gasteiger partial charge is 0.414 e. The number of nitrogens with zero attached hydrogens (tertiary/aromatic N) is 1. The molecule has 2 aromatic rings. The van der Waals surface area contributed by atoms with Crippen LogP contribution in [0.3, 0.4) is 0 Å². The van der Waals surface area contributed by atoms with Crippen LogP contribution in [-0.2, 0) is 4.74 Å². The Bertz CT molecular complexity index is 659. The van der Waals surface area contributed by atoms with Crippen LogP contribution >= 0.6 is 22.9 Å². The van der Waals surface area contributed by atoms with E-state index in [-0.39, 0.29) is 12.1 Å². The Morgan fingerprint density at radius 2 is 2.24 bits per heavy atom. The van der Waals surface area contributed by atoms with Crippen LogP contribution in [0.5, 0.6) is 0 Å². The standard InChI is InChI=1S/C15H15ClN2O2S/c1-10(13-5-6-14(16)21-13)17-11-3-2-4-12(9-11)18-7-8-20-15(18)19/h2-6,9-10,17H,7-8H2,1H3. The molecule has 3 rings (SSSR count). The molecule has 0 saturated carbocycles. The number of ether oxygens (including phenoxy) is 1. The molecule has 6 heteroatoms. The lowest BCUT2D eigenvalue weighted by Gasteiger charge is -2.17. The van der Waals surface area contributed by atoms with Gasteiger partial charge in [-0.2, -0.15) is 0 Å². The van der Waals surface area contributed by atoms with E-state index in [1.807, 2.05) is 36.4 Å². The number of halogens is 1. The van der Waals surface area contributed by atoms with Crippen molar-refractivity contribution < 1.29 is 9.53 Å². The normalized spacial score (nSPS) is 15.9. The average molecular weight is 323 g/mol. The summed E-state index contributed by atoms with van der Waals surface area (Å²) < 4.78 is 5.75. The minimum Gasteiger partial charge on any atom is -0.447 e. The predicted molar refractivity (Wildman–Crippen MR) is 86.5 cm³/mol. The van der Waals surface area contributed by atoms with Crippen molar-refractivity contribution in [2.75, 3.05) is 23.4 Å². The highest BCUT2D eigenvalue weighted by Crippen LogP contribution is 2.30. The number of rotatable bonds is 4. The van der Waals surface area contributed by atoms with Crippen molar-refractivity contribution in [3.05, 3.63) is 45.6 Å². The molecule has 21 heavy (non-hydrogen) atoms. The lowest BCUT2D eigenvalue weighted by Crippen LogP contribution is -2.23. The van der Waals surface area contributed by atoms with Gasteiger partial charge in [-0.1, -0.05) is 17.7 Å². The summed E-state index contributed by atoms with van der Waals surface area (Å²) in [5.74, 6) is 0. The van der Waals surface area contributed by atoms with E-state index in [9.17, 15) is 4.79 Å². The summed E-state index contributed by atoms with van der Waals surface area (Å²) in [4.78, 5) is 14.4. The van der Waals surface area contributed by atoms with Gasteiger partial charge in [0.25, 0.3) is 0 Å². The molecule has 1 fully saturated rings. The first kappa shape index (κ1) is 14.2. The SMILES string of the molecule is CC(Nc1cccc(N2CCOC2=O)c1)c1ccc(Cl)s1. The van der Waals surface area contributed by atoms with E-state index in [0.29, 0.717) is 13.2 Å². The molecule has 2 heterocycles. The van der Waals surface area contributed by atoms with E-state index in [0.717, 1.165) is 15.7 Å². The summed E-state index contributed by atoms with van der Waals surface area (Å²) in [7, 11) is 0. The van der Waals surface area contributed by atoms with Gasteiger partial charge in [-0.3, -0.25) is 4.90 Å². The second-order valence-corrected chi connectivity index (χ2v) is 6.57. The van der Waals surface area contributed by atoms with Gasteiger partial charge < -0.3 is 10.1 Å². The van der Waals surface area contributed by atoms with Crippen molar-refractivity contribution in [1.29, 1.82) is 0 Å². The summed E-state index contributed by atoms with van der Waals surface area (Å²) in [6.07, 6.45) is -0.287. The maximum absolute atomic E-state index is 11.6. The molecule has 1 N–H and O–H groups in total. The van der Waals surface area contributed by atoms with E-state index in [2.05, 4.69) is 12.2 Å². The molecular formula is C15H15ClN2O2S. The first-order valence-corrected chi connectivity index (χ1v) is 7.89. The van der Waals surface area contributed by atoms with E-state index in [1.54, 1.807) is 16.2 Å². The van der Waals surface area contributed by atoms with Crippen LogP contribution in [0.2, 0.25) is 4.34 Å². The molecule has 1 atom stereocenters. The maximum Gasteiger partial charge on any atom is 0.414 e. The molecule has 0 aliphatic carbocycles. The highest BCUT2D eigenvalue weighted by atomic mass is 35.5. The van der Waals surface area contributed by atoms with Crippen LogP contribution < -0.4 is 10.2 Å². The summed E-state index contributed by atoms with van der Waals surface area (Å²) in [5.41, 5.74) is 1.81. The monoisotopic (exact) mass is 322 g/mol. The van der Waals surface area contributed by atoms with Crippen molar-refractivity contribution in [2.24, 2.45) is 0 Å². The highest BCUT2D eigenvalue weighted by Gasteiger charge is 2.23. The van der Waals surface area contributed by atoms with Crippen molar-refractivity contribution in [3.8, 4) is 0 Å². The molecule has 0 spiro atoms. The second kappa shape index (κ2) is 5.95. The fraction of sp³-hybridized carbons (Fsp3) is 0.267. The third-order valence-electron chi connectivity index (χ3n) is 3.32. The third kappa shape index (κ3) is 3.14. The number of benzene rings is 1. The van der Waals surface area contributed by atoms with Gasteiger partial charge in [0.1, 0.15) is 6.61 Å². The Kier molecular flexibility index (Phi) is 4.03. The zero-order valence-corrected chi connectivity index (χ0v) is 13.1.